The number of aryl methyl sites for hydroxylation is 3. The zero-order chi connectivity index (χ0) is 26.3. The summed E-state index contributed by atoms with van der Waals surface area (Å²) in [6.07, 6.45) is 0. The van der Waals surface area contributed by atoms with Crippen molar-refractivity contribution >= 4 is 5.69 Å². The van der Waals surface area contributed by atoms with E-state index in [9.17, 15) is 0 Å². The molecule has 0 aromatic heterocycles. The lowest BCUT2D eigenvalue weighted by atomic mass is 10.2. The van der Waals surface area contributed by atoms with Gasteiger partial charge in [-0.15, -0.1) is 0 Å². The van der Waals surface area contributed by atoms with E-state index in [4.69, 9.17) is 0 Å². The van der Waals surface area contributed by atoms with Gasteiger partial charge in [-0.1, -0.05) is 177 Å². The number of rotatable bonds is 1. The summed E-state index contributed by atoms with van der Waals surface area (Å²) in [6.45, 7) is 6.25. The molecular formula is C37H49N. The summed E-state index contributed by atoms with van der Waals surface area (Å²) in [5.41, 5.74) is 5.21. The largest absolute Gasteiger partial charge is 0.378 e. The monoisotopic (exact) mass is 507 g/mol. The molecule has 0 aliphatic heterocycles. The van der Waals surface area contributed by atoms with Crippen molar-refractivity contribution in [1.29, 1.82) is 0 Å². The Kier molecular flexibility index (Phi) is 23.3. The fraction of sp³-hybridized carbons (Fsp3) is 0.189. The van der Waals surface area contributed by atoms with E-state index < -0.39 is 0 Å². The molecule has 5 aromatic carbocycles. The van der Waals surface area contributed by atoms with Gasteiger partial charge in [0, 0.05) is 19.8 Å². The minimum absolute atomic E-state index is 0. The number of nitrogens with zero attached hydrogens (tertiary/aromatic N) is 1. The molecule has 0 saturated carbocycles. The third-order valence-electron chi connectivity index (χ3n) is 4.76. The molecule has 5 aromatic rings. The fourth-order valence-corrected chi connectivity index (χ4v) is 2.71. The van der Waals surface area contributed by atoms with Gasteiger partial charge >= 0.3 is 0 Å². The van der Waals surface area contributed by atoms with Crippen LogP contribution in [-0.2, 0) is 0 Å². The summed E-state index contributed by atoms with van der Waals surface area (Å²) in [5.74, 6) is 0. The topological polar surface area (TPSA) is 3.24 Å². The Morgan fingerprint density at radius 1 is 0.316 bits per heavy atom. The lowest BCUT2D eigenvalue weighted by Crippen LogP contribution is -2.07. The summed E-state index contributed by atoms with van der Waals surface area (Å²) in [6, 6.07) is 53.0. The first-order valence-electron chi connectivity index (χ1n) is 12.3. The van der Waals surface area contributed by atoms with Crippen molar-refractivity contribution in [3.05, 3.63) is 174 Å². The Hall–Kier alpha value is -4.10. The molecule has 0 bridgehead atoms. The fourth-order valence-electron chi connectivity index (χ4n) is 2.71. The van der Waals surface area contributed by atoms with E-state index in [1.54, 1.807) is 0 Å². The smallest absolute Gasteiger partial charge is 0.0360 e. The van der Waals surface area contributed by atoms with Gasteiger partial charge in [0.25, 0.3) is 0 Å². The quantitative estimate of drug-likeness (QED) is 0.218. The molecule has 0 N–H and O–H groups in total. The van der Waals surface area contributed by atoms with Gasteiger partial charge in [-0.3, -0.25) is 0 Å². The van der Waals surface area contributed by atoms with Crippen LogP contribution in [0.4, 0.5) is 5.69 Å². The van der Waals surface area contributed by atoms with Crippen molar-refractivity contribution < 1.29 is 0 Å². The van der Waals surface area contributed by atoms with Crippen LogP contribution in [-0.4, -0.2) is 14.1 Å². The number of para-hydroxylation sites is 1. The van der Waals surface area contributed by atoms with E-state index in [1.807, 2.05) is 123 Å². The van der Waals surface area contributed by atoms with Crippen molar-refractivity contribution in [3.8, 4) is 0 Å². The van der Waals surface area contributed by atoms with Gasteiger partial charge in [0.05, 0.1) is 0 Å². The first kappa shape index (κ1) is 36.1. The molecule has 1 heteroatoms. The highest BCUT2D eigenvalue weighted by atomic mass is 15.1. The second-order valence-corrected chi connectivity index (χ2v) is 8.35. The van der Waals surface area contributed by atoms with Crippen molar-refractivity contribution in [2.45, 2.75) is 35.6 Å². The van der Waals surface area contributed by atoms with Gasteiger partial charge < -0.3 is 4.90 Å². The highest BCUT2D eigenvalue weighted by molar-refractivity contribution is 5.43. The van der Waals surface area contributed by atoms with Crippen molar-refractivity contribution in [2.24, 2.45) is 0 Å². The number of hydrogen-bond donors (Lipinski definition) is 0. The number of anilines is 1. The second kappa shape index (κ2) is 24.6. The molecule has 38 heavy (non-hydrogen) atoms. The molecule has 0 fully saturated rings. The van der Waals surface area contributed by atoms with Crippen LogP contribution in [0.15, 0.2) is 158 Å². The van der Waals surface area contributed by atoms with Gasteiger partial charge in [-0.25, -0.2) is 0 Å². The molecule has 0 aliphatic carbocycles. The highest BCUT2D eigenvalue weighted by Crippen LogP contribution is 2.07. The van der Waals surface area contributed by atoms with Crippen LogP contribution in [0.2, 0.25) is 0 Å². The zero-order valence-electron chi connectivity index (χ0n) is 22.5. The van der Waals surface area contributed by atoms with E-state index in [0.717, 1.165) is 0 Å². The molecule has 0 saturated heterocycles. The van der Waals surface area contributed by atoms with Crippen LogP contribution in [0.3, 0.4) is 0 Å². The summed E-state index contributed by atoms with van der Waals surface area (Å²) in [7, 11) is 4.07. The molecule has 0 atom stereocenters. The summed E-state index contributed by atoms with van der Waals surface area (Å²) < 4.78 is 0. The van der Waals surface area contributed by atoms with Crippen LogP contribution < -0.4 is 4.90 Å². The van der Waals surface area contributed by atoms with E-state index >= 15 is 0 Å². The van der Waals surface area contributed by atoms with Crippen LogP contribution in [0, 0.1) is 20.8 Å². The Bertz CT molecular complexity index is 976. The van der Waals surface area contributed by atoms with Gasteiger partial charge in [0.1, 0.15) is 0 Å². The molecule has 0 unspecified atom stereocenters. The Labute approximate surface area is 234 Å². The molecule has 202 valence electrons. The van der Waals surface area contributed by atoms with Crippen molar-refractivity contribution in [2.75, 3.05) is 19.0 Å². The number of benzene rings is 5. The van der Waals surface area contributed by atoms with E-state index in [2.05, 4.69) is 74.2 Å². The molecule has 1 nitrogen and oxygen atoms in total. The first-order valence-corrected chi connectivity index (χ1v) is 12.3. The average molecular weight is 508 g/mol. The Morgan fingerprint density at radius 3 is 0.632 bits per heavy atom. The minimum atomic E-state index is 0. The Morgan fingerprint density at radius 2 is 0.500 bits per heavy atom. The normalized spacial score (nSPS) is 8.24. The average Bonchev–Trinajstić information content (AvgIpc) is 2.93. The predicted molar refractivity (Wildman–Crippen MR) is 174 cm³/mol. The van der Waals surface area contributed by atoms with Crippen molar-refractivity contribution in [3.63, 3.8) is 0 Å². The van der Waals surface area contributed by atoms with Crippen LogP contribution >= 0.6 is 0 Å². The molecule has 0 aliphatic rings. The molecule has 0 amide bonds. The highest BCUT2D eigenvalue weighted by Gasteiger charge is 1.87. The standard InChI is InChI=1S/C8H11N.3C7H8.C6H6.2CH4/c1-9(2)8-6-4-3-5-7-8;3*1-7-5-3-2-4-6-7;1-2-4-6-5-3-1;;/h3-7H,1-2H3;3*2-6H,1H3;1-6H;2*1H4. The predicted octanol–water partition coefficient (Wildman–Crippen LogP) is 10.7. The molecule has 5 rings (SSSR count). The number of hydrogen-bond acceptors (Lipinski definition) is 1. The van der Waals surface area contributed by atoms with Gasteiger partial charge in [-0.05, 0) is 32.9 Å². The maximum atomic E-state index is 2.08. The minimum Gasteiger partial charge on any atom is -0.378 e. The zero-order valence-corrected chi connectivity index (χ0v) is 22.5. The molecular weight excluding hydrogens is 458 g/mol. The van der Waals surface area contributed by atoms with Crippen LogP contribution in [0.5, 0.6) is 0 Å². The maximum Gasteiger partial charge on any atom is 0.0360 e. The SMILES string of the molecule is C.C.CN(C)c1ccccc1.Cc1ccccc1.Cc1ccccc1.Cc1ccccc1.c1ccccc1. The van der Waals surface area contributed by atoms with E-state index in [0.29, 0.717) is 0 Å². The summed E-state index contributed by atoms with van der Waals surface area (Å²) in [4.78, 5) is 2.08. The van der Waals surface area contributed by atoms with Crippen LogP contribution in [0.25, 0.3) is 0 Å². The van der Waals surface area contributed by atoms with Crippen LogP contribution in [0.1, 0.15) is 31.5 Å². The summed E-state index contributed by atoms with van der Waals surface area (Å²) in [5, 5.41) is 0. The Balaban J connectivity index is 0. The first-order chi connectivity index (χ1) is 17.5. The van der Waals surface area contributed by atoms with E-state index in [1.165, 1.54) is 22.4 Å². The third-order valence-corrected chi connectivity index (χ3v) is 4.76. The molecule has 0 radical (unpaired) electrons. The van der Waals surface area contributed by atoms with Gasteiger partial charge in [0.2, 0.25) is 0 Å². The maximum absolute atomic E-state index is 2.08. The summed E-state index contributed by atoms with van der Waals surface area (Å²) >= 11 is 0. The van der Waals surface area contributed by atoms with Gasteiger partial charge in [-0.2, -0.15) is 0 Å². The lowest BCUT2D eigenvalue weighted by Gasteiger charge is -2.10. The van der Waals surface area contributed by atoms with Gasteiger partial charge in [0.15, 0.2) is 0 Å². The lowest BCUT2D eigenvalue weighted by molar-refractivity contribution is 1.13. The second-order valence-electron chi connectivity index (χ2n) is 8.35. The third kappa shape index (κ3) is 21.2. The molecule has 0 heterocycles. The molecule has 0 spiro atoms. The van der Waals surface area contributed by atoms with Crippen molar-refractivity contribution in [1.82, 2.24) is 0 Å². The van der Waals surface area contributed by atoms with E-state index in [-0.39, 0.29) is 14.9 Å².